The summed E-state index contributed by atoms with van der Waals surface area (Å²) >= 11 is 0. The summed E-state index contributed by atoms with van der Waals surface area (Å²) in [6, 6.07) is 7.23. The Bertz CT molecular complexity index is 713. The average Bonchev–Trinajstić information content (AvgIpc) is 2.74. The molecule has 108 valence electrons. The van der Waals surface area contributed by atoms with Gasteiger partial charge in [0.15, 0.2) is 0 Å². The molecule has 1 N–H and O–H groups in total. The minimum Gasteiger partial charge on any atom is -0.336 e. The molecule has 21 heavy (non-hydrogen) atoms. The van der Waals surface area contributed by atoms with Crippen LogP contribution in [-0.2, 0) is 0 Å². The molecule has 0 saturated carbocycles. The number of carbonyl (C=O) groups is 1. The fourth-order valence-corrected chi connectivity index (χ4v) is 2.11. The molecule has 1 amide bonds. The van der Waals surface area contributed by atoms with E-state index in [0.29, 0.717) is 22.6 Å². The van der Waals surface area contributed by atoms with Crippen molar-refractivity contribution in [2.75, 3.05) is 0 Å². The second-order valence-electron chi connectivity index (χ2n) is 4.76. The molecule has 0 bridgehead atoms. The zero-order valence-corrected chi connectivity index (χ0v) is 12.0. The Labute approximate surface area is 122 Å². The predicted octanol–water partition coefficient (Wildman–Crippen LogP) is 2.27. The molecule has 0 fully saturated rings. The highest BCUT2D eigenvalue weighted by Crippen LogP contribution is 2.18. The fraction of sp³-hybridized carbons (Fsp3) is 0.267. The molecule has 5 nitrogen and oxygen atoms in total. The topological polar surface area (TPSA) is 70.7 Å². The van der Waals surface area contributed by atoms with Crippen LogP contribution in [0.25, 0.3) is 5.69 Å². The smallest absolute Gasteiger partial charge is 0.256 e. The summed E-state index contributed by atoms with van der Waals surface area (Å²) in [5.41, 5.74) is 2.30. The Kier molecular flexibility index (Phi) is 4.03. The van der Waals surface area contributed by atoms with Gasteiger partial charge in [0.2, 0.25) is 0 Å². The first-order chi connectivity index (χ1) is 9.93. The van der Waals surface area contributed by atoms with Crippen molar-refractivity contribution in [1.82, 2.24) is 15.1 Å². The number of halogens is 1. The van der Waals surface area contributed by atoms with Gasteiger partial charge in [-0.15, -0.1) is 0 Å². The van der Waals surface area contributed by atoms with Crippen molar-refractivity contribution in [2.45, 2.75) is 26.8 Å². The minimum atomic E-state index is -0.578. The molecule has 1 atom stereocenters. The van der Waals surface area contributed by atoms with Crippen molar-refractivity contribution in [3.05, 3.63) is 47.0 Å². The van der Waals surface area contributed by atoms with Crippen molar-refractivity contribution in [1.29, 1.82) is 5.26 Å². The van der Waals surface area contributed by atoms with Crippen molar-refractivity contribution >= 4 is 5.91 Å². The first kappa shape index (κ1) is 14.7. The lowest BCUT2D eigenvalue weighted by molar-refractivity contribution is 0.0946. The van der Waals surface area contributed by atoms with Crippen LogP contribution >= 0.6 is 0 Å². The molecule has 0 saturated heterocycles. The predicted molar refractivity (Wildman–Crippen MR) is 75.5 cm³/mol. The number of hydrogen-bond acceptors (Lipinski definition) is 3. The van der Waals surface area contributed by atoms with E-state index in [-0.39, 0.29) is 11.7 Å². The van der Waals surface area contributed by atoms with Gasteiger partial charge in [0.25, 0.3) is 5.91 Å². The van der Waals surface area contributed by atoms with E-state index in [1.54, 1.807) is 37.6 Å². The molecule has 0 aliphatic carbocycles. The third kappa shape index (κ3) is 2.92. The van der Waals surface area contributed by atoms with Crippen molar-refractivity contribution in [3.8, 4) is 11.8 Å². The molecular formula is C15H15FN4O. The molecule has 2 aromatic rings. The number of nitriles is 1. The summed E-state index contributed by atoms with van der Waals surface area (Å²) < 4.78 is 14.6. The number of benzene rings is 1. The Balaban J connectivity index is 2.40. The van der Waals surface area contributed by atoms with Crippen LogP contribution in [0.1, 0.15) is 28.7 Å². The van der Waals surface area contributed by atoms with Gasteiger partial charge in [-0.3, -0.25) is 4.79 Å². The van der Waals surface area contributed by atoms with Crippen LogP contribution in [-0.4, -0.2) is 21.7 Å². The zero-order chi connectivity index (χ0) is 15.6. The number of carbonyl (C=O) groups excluding carboxylic acids is 1. The van der Waals surface area contributed by atoms with Crippen molar-refractivity contribution in [3.63, 3.8) is 0 Å². The first-order valence-corrected chi connectivity index (χ1v) is 6.46. The molecule has 0 unspecified atom stereocenters. The van der Waals surface area contributed by atoms with E-state index >= 15 is 0 Å². The number of hydrogen-bond donors (Lipinski definition) is 1. The van der Waals surface area contributed by atoms with Gasteiger partial charge in [-0.25, -0.2) is 9.07 Å². The van der Waals surface area contributed by atoms with Crippen LogP contribution in [0.2, 0.25) is 0 Å². The van der Waals surface area contributed by atoms with E-state index in [1.165, 1.54) is 12.1 Å². The molecule has 1 aromatic carbocycles. The highest BCUT2D eigenvalue weighted by molar-refractivity contribution is 5.96. The summed E-state index contributed by atoms with van der Waals surface area (Å²) in [6.07, 6.45) is 0. The Morgan fingerprint density at radius 3 is 2.57 bits per heavy atom. The van der Waals surface area contributed by atoms with Crippen LogP contribution < -0.4 is 5.32 Å². The quantitative estimate of drug-likeness (QED) is 0.941. The largest absolute Gasteiger partial charge is 0.336 e. The lowest BCUT2D eigenvalue weighted by Gasteiger charge is -2.07. The first-order valence-electron chi connectivity index (χ1n) is 6.46. The number of amides is 1. The molecule has 2 rings (SSSR count). The molecule has 0 radical (unpaired) electrons. The monoisotopic (exact) mass is 286 g/mol. The summed E-state index contributed by atoms with van der Waals surface area (Å²) in [7, 11) is 0. The average molecular weight is 286 g/mol. The van der Waals surface area contributed by atoms with Gasteiger partial charge in [-0.2, -0.15) is 10.4 Å². The SMILES string of the molecule is Cc1nn(-c2ccc(F)cc2)c(C)c1C(=O)N[C@@H](C)C#N. The van der Waals surface area contributed by atoms with Gasteiger partial charge in [-0.1, -0.05) is 0 Å². The van der Waals surface area contributed by atoms with Gasteiger partial charge < -0.3 is 5.32 Å². The summed E-state index contributed by atoms with van der Waals surface area (Å²) in [4.78, 5) is 12.2. The standard InChI is InChI=1S/C15H15FN4O/c1-9(8-17)18-15(21)14-10(2)19-20(11(14)3)13-6-4-12(16)5-7-13/h4-7,9H,1-3H3,(H,18,21)/t9-/m0/s1. The van der Waals surface area contributed by atoms with Crippen LogP contribution in [0.3, 0.4) is 0 Å². The van der Waals surface area contributed by atoms with Gasteiger partial charge >= 0.3 is 0 Å². The fourth-order valence-electron chi connectivity index (χ4n) is 2.11. The van der Waals surface area contributed by atoms with E-state index < -0.39 is 6.04 Å². The molecular weight excluding hydrogens is 271 g/mol. The van der Waals surface area contributed by atoms with Gasteiger partial charge in [0, 0.05) is 0 Å². The van der Waals surface area contributed by atoms with Gasteiger partial charge in [0.1, 0.15) is 11.9 Å². The van der Waals surface area contributed by atoms with Gasteiger partial charge in [-0.05, 0) is 45.0 Å². The number of nitrogens with one attached hydrogen (secondary N) is 1. The van der Waals surface area contributed by atoms with Crippen LogP contribution in [0.15, 0.2) is 24.3 Å². The van der Waals surface area contributed by atoms with E-state index in [2.05, 4.69) is 10.4 Å². The Morgan fingerprint density at radius 1 is 1.38 bits per heavy atom. The van der Waals surface area contributed by atoms with E-state index in [1.807, 2.05) is 6.07 Å². The molecule has 6 heteroatoms. The number of aryl methyl sites for hydroxylation is 1. The maximum absolute atomic E-state index is 13.0. The van der Waals surface area contributed by atoms with E-state index in [9.17, 15) is 9.18 Å². The summed E-state index contributed by atoms with van der Waals surface area (Å²) in [5.74, 6) is -0.673. The molecule has 0 spiro atoms. The molecule has 0 aliphatic rings. The van der Waals surface area contributed by atoms with E-state index in [0.717, 1.165) is 0 Å². The Hall–Kier alpha value is -2.68. The second kappa shape index (κ2) is 5.75. The third-order valence-electron chi connectivity index (χ3n) is 3.13. The van der Waals surface area contributed by atoms with Crippen LogP contribution in [0, 0.1) is 31.0 Å². The van der Waals surface area contributed by atoms with Crippen molar-refractivity contribution in [2.24, 2.45) is 0 Å². The van der Waals surface area contributed by atoms with Gasteiger partial charge in [0.05, 0.1) is 28.7 Å². The number of aromatic nitrogens is 2. The van der Waals surface area contributed by atoms with Crippen LogP contribution in [0.5, 0.6) is 0 Å². The number of rotatable bonds is 3. The summed E-state index contributed by atoms with van der Waals surface area (Å²) in [6.45, 7) is 5.08. The minimum absolute atomic E-state index is 0.332. The highest BCUT2D eigenvalue weighted by atomic mass is 19.1. The second-order valence-corrected chi connectivity index (χ2v) is 4.76. The molecule has 1 heterocycles. The normalized spacial score (nSPS) is 11.8. The lowest BCUT2D eigenvalue weighted by Crippen LogP contribution is -2.32. The van der Waals surface area contributed by atoms with E-state index in [4.69, 9.17) is 5.26 Å². The lowest BCUT2D eigenvalue weighted by atomic mass is 10.1. The highest BCUT2D eigenvalue weighted by Gasteiger charge is 2.20. The molecule has 0 aliphatic heterocycles. The number of nitrogens with zero attached hydrogens (tertiary/aromatic N) is 3. The van der Waals surface area contributed by atoms with Crippen molar-refractivity contribution < 1.29 is 9.18 Å². The zero-order valence-electron chi connectivity index (χ0n) is 12.0. The summed E-state index contributed by atoms with van der Waals surface area (Å²) in [5, 5.41) is 15.7. The molecule has 1 aromatic heterocycles. The Morgan fingerprint density at radius 2 is 2.00 bits per heavy atom. The maximum atomic E-state index is 13.0. The van der Waals surface area contributed by atoms with Crippen LogP contribution in [0.4, 0.5) is 4.39 Å². The maximum Gasteiger partial charge on any atom is 0.256 e. The third-order valence-corrected chi connectivity index (χ3v) is 3.13.